The van der Waals surface area contributed by atoms with Crippen molar-refractivity contribution in [3.63, 3.8) is 0 Å². The Hall–Kier alpha value is -1.87. The van der Waals surface area contributed by atoms with E-state index in [0.717, 1.165) is 5.56 Å². The molecule has 0 N–H and O–H groups in total. The molecule has 0 heterocycles. The van der Waals surface area contributed by atoms with Crippen LogP contribution < -0.4 is 14.2 Å². The Labute approximate surface area is 161 Å². The first-order chi connectivity index (χ1) is 13.0. The molecule has 8 heteroatoms. The van der Waals surface area contributed by atoms with Gasteiger partial charge in [0.1, 0.15) is 6.04 Å². The van der Waals surface area contributed by atoms with Crippen molar-refractivity contribution < 1.29 is 33.2 Å². The molecule has 1 aromatic carbocycles. The van der Waals surface area contributed by atoms with Crippen molar-refractivity contribution in [1.29, 1.82) is 0 Å². The molecule has 1 aromatic rings. The summed E-state index contributed by atoms with van der Waals surface area (Å²) in [6.45, 7) is 4.07. The van der Waals surface area contributed by atoms with E-state index in [4.69, 9.17) is 28.4 Å². The molecule has 0 spiro atoms. The van der Waals surface area contributed by atoms with Crippen LogP contribution in [-0.4, -0.2) is 85.4 Å². The summed E-state index contributed by atoms with van der Waals surface area (Å²) in [7, 11) is 7.79. The number of methoxy groups -OCH3 is 5. The van der Waals surface area contributed by atoms with Crippen LogP contribution in [0.4, 0.5) is 0 Å². The number of carbonyl (C=O) groups is 1. The van der Waals surface area contributed by atoms with Gasteiger partial charge in [0, 0.05) is 34.4 Å². The van der Waals surface area contributed by atoms with Gasteiger partial charge in [0.25, 0.3) is 0 Å². The maximum Gasteiger partial charge on any atom is 0.331 e. The highest BCUT2D eigenvalue weighted by atomic mass is 16.6. The Morgan fingerprint density at radius 3 is 1.85 bits per heavy atom. The van der Waals surface area contributed by atoms with Crippen molar-refractivity contribution in [2.24, 2.45) is 0 Å². The quantitative estimate of drug-likeness (QED) is 0.374. The lowest BCUT2D eigenvalue weighted by molar-refractivity contribution is -0.143. The van der Waals surface area contributed by atoms with E-state index < -0.39 is 12.0 Å². The molecule has 0 amide bonds. The Kier molecular flexibility index (Phi) is 10.7. The van der Waals surface area contributed by atoms with Gasteiger partial charge in [-0.15, -0.1) is 0 Å². The summed E-state index contributed by atoms with van der Waals surface area (Å²) in [4.78, 5) is 14.9. The van der Waals surface area contributed by atoms with Gasteiger partial charge < -0.3 is 28.4 Å². The average molecular weight is 385 g/mol. The van der Waals surface area contributed by atoms with Gasteiger partial charge in [0.15, 0.2) is 11.5 Å². The van der Waals surface area contributed by atoms with Crippen LogP contribution in [0.5, 0.6) is 17.2 Å². The Bertz CT molecular complexity index is 546. The molecule has 0 aromatic heterocycles. The highest BCUT2D eigenvalue weighted by Crippen LogP contribution is 2.38. The van der Waals surface area contributed by atoms with Crippen LogP contribution in [0.25, 0.3) is 0 Å². The number of carbonyl (C=O) groups excluding carboxylic acids is 1. The zero-order valence-electron chi connectivity index (χ0n) is 17.1. The summed E-state index contributed by atoms with van der Waals surface area (Å²) in [5.74, 6) is 0.632. The molecule has 8 nitrogen and oxygen atoms in total. The van der Waals surface area contributed by atoms with Crippen molar-refractivity contribution in [2.75, 3.05) is 68.5 Å². The second-order valence-electron chi connectivity index (χ2n) is 5.91. The van der Waals surface area contributed by atoms with Gasteiger partial charge in [-0.05, 0) is 24.6 Å². The fourth-order valence-corrected chi connectivity index (χ4v) is 2.60. The molecule has 27 heavy (non-hydrogen) atoms. The predicted octanol–water partition coefficient (Wildman–Crippen LogP) is 1.53. The molecule has 0 bridgehead atoms. The Morgan fingerprint density at radius 1 is 0.926 bits per heavy atom. The van der Waals surface area contributed by atoms with Crippen molar-refractivity contribution in [3.05, 3.63) is 17.7 Å². The summed E-state index contributed by atoms with van der Waals surface area (Å²) >= 11 is 0. The van der Waals surface area contributed by atoms with E-state index in [0.29, 0.717) is 37.8 Å². The molecule has 0 aliphatic carbocycles. The van der Waals surface area contributed by atoms with E-state index in [-0.39, 0.29) is 12.4 Å². The molecule has 0 aliphatic heterocycles. The summed E-state index contributed by atoms with van der Waals surface area (Å²) in [6.07, 6.45) is 0. The lowest BCUT2D eigenvalue weighted by Crippen LogP contribution is -2.48. The van der Waals surface area contributed by atoms with Crippen LogP contribution >= 0.6 is 0 Å². The molecule has 0 saturated heterocycles. The topological polar surface area (TPSA) is 75.7 Å². The van der Waals surface area contributed by atoms with E-state index in [1.807, 2.05) is 11.8 Å². The van der Waals surface area contributed by atoms with E-state index in [9.17, 15) is 4.79 Å². The molecule has 1 unspecified atom stereocenters. The highest BCUT2D eigenvalue weighted by molar-refractivity contribution is 5.80. The lowest BCUT2D eigenvalue weighted by atomic mass is 10.2. The summed E-state index contributed by atoms with van der Waals surface area (Å²) in [5, 5.41) is 0. The average Bonchev–Trinajstić information content (AvgIpc) is 2.67. The zero-order valence-corrected chi connectivity index (χ0v) is 17.1. The molecule has 154 valence electrons. The number of ether oxygens (including phenoxy) is 6. The number of benzene rings is 1. The molecule has 0 aliphatic rings. The van der Waals surface area contributed by atoms with E-state index in [1.165, 1.54) is 21.3 Å². The third-order valence-electron chi connectivity index (χ3n) is 4.01. The van der Waals surface area contributed by atoms with Crippen molar-refractivity contribution >= 4 is 5.97 Å². The molecule has 0 radical (unpaired) electrons. The number of esters is 1. The standard InChI is InChI=1S/C19H31NO7/c1-14-11-16(25-5)18(17(12-14)26-6)27-19(21)15(13-24-4)20(7-9-22-2)8-10-23-3/h11-12,15H,7-10,13H2,1-6H3. The Balaban J connectivity index is 3.09. The molecule has 0 saturated carbocycles. The second-order valence-corrected chi connectivity index (χ2v) is 5.91. The van der Waals surface area contributed by atoms with E-state index in [2.05, 4.69) is 0 Å². The van der Waals surface area contributed by atoms with Crippen molar-refractivity contribution in [3.8, 4) is 17.2 Å². The predicted molar refractivity (Wildman–Crippen MR) is 101 cm³/mol. The van der Waals surface area contributed by atoms with Gasteiger partial charge in [-0.1, -0.05) is 0 Å². The summed E-state index contributed by atoms with van der Waals surface area (Å²) in [5.41, 5.74) is 0.929. The highest BCUT2D eigenvalue weighted by Gasteiger charge is 2.29. The smallest absolute Gasteiger partial charge is 0.331 e. The number of hydrogen-bond acceptors (Lipinski definition) is 8. The first-order valence-electron chi connectivity index (χ1n) is 8.67. The molecule has 0 fully saturated rings. The molecule has 1 atom stereocenters. The first-order valence-corrected chi connectivity index (χ1v) is 8.67. The normalized spacial score (nSPS) is 12.1. The van der Waals surface area contributed by atoms with Crippen LogP contribution in [0.3, 0.4) is 0 Å². The van der Waals surface area contributed by atoms with Gasteiger partial charge in [0.2, 0.25) is 5.75 Å². The summed E-state index contributed by atoms with van der Waals surface area (Å²) in [6, 6.07) is 2.93. The second kappa shape index (κ2) is 12.5. The van der Waals surface area contributed by atoms with Crippen LogP contribution in [0.2, 0.25) is 0 Å². The molecular formula is C19H31NO7. The minimum atomic E-state index is -0.629. The zero-order chi connectivity index (χ0) is 20.2. The lowest BCUT2D eigenvalue weighted by Gasteiger charge is -2.29. The number of hydrogen-bond donors (Lipinski definition) is 0. The third kappa shape index (κ3) is 6.99. The van der Waals surface area contributed by atoms with Gasteiger partial charge in [0.05, 0.1) is 34.0 Å². The minimum Gasteiger partial charge on any atom is -0.493 e. The largest absolute Gasteiger partial charge is 0.493 e. The fourth-order valence-electron chi connectivity index (χ4n) is 2.60. The van der Waals surface area contributed by atoms with Gasteiger partial charge >= 0.3 is 5.97 Å². The summed E-state index contributed by atoms with van der Waals surface area (Å²) < 4.78 is 31.9. The van der Waals surface area contributed by atoms with Crippen LogP contribution in [-0.2, 0) is 19.0 Å². The maximum atomic E-state index is 13.0. The Morgan fingerprint density at radius 2 is 1.44 bits per heavy atom. The SMILES string of the molecule is COCCN(CCOC)C(COC)C(=O)Oc1c(OC)cc(C)cc1OC. The van der Waals surface area contributed by atoms with Crippen molar-refractivity contribution in [1.82, 2.24) is 4.90 Å². The number of nitrogens with zero attached hydrogens (tertiary/aromatic N) is 1. The monoisotopic (exact) mass is 385 g/mol. The van der Waals surface area contributed by atoms with Gasteiger partial charge in [-0.2, -0.15) is 0 Å². The van der Waals surface area contributed by atoms with Gasteiger partial charge in [-0.3, -0.25) is 4.90 Å². The van der Waals surface area contributed by atoms with E-state index in [1.54, 1.807) is 26.4 Å². The minimum absolute atomic E-state index is 0.169. The third-order valence-corrected chi connectivity index (χ3v) is 4.01. The van der Waals surface area contributed by atoms with Gasteiger partial charge in [-0.25, -0.2) is 4.79 Å². The molecule has 1 rings (SSSR count). The number of rotatable bonds is 13. The molecular weight excluding hydrogens is 354 g/mol. The van der Waals surface area contributed by atoms with Crippen molar-refractivity contribution in [2.45, 2.75) is 13.0 Å². The van der Waals surface area contributed by atoms with E-state index >= 15 is 0 Å². The first kappa shape index (κ1) is 23.2. The maximum absolute atomic E-state index is 13.0. The fraction of sp³-hybridized carbons (Fsp3) is 0.632. The number of aryl methyl sites for hydroxylation is 1. The van der Waals surface area contributed by atoms with Crippen LogP contribution in [0.1, 0.15) is 5.56 Å². The van der Waals surface area contributed by atoms with Crippen LogP contribution in [0, 0.1) is 6.92 Å². The van der Waals surface area contributed by atoms with Crippen LogP contribution in [0.15, 0.2) is 12.1 Å².